The van der Waals surface area contributed by atoms with E-state index < -0.39 is 0 Å². The van der Waals surface area contributed by atoms with Crippen LogP contribution < -0.4 is 5.32 Å². The first kappa shape index (κ1) is 19.1. The van der Waals surface area contributed by atoms with Crippen LogP contribution in [0.25, 0.3) is 32.5 Å². The van der Waals surface area contributed by atoms with Gasteiger partial charge in [0.25, 0.3) is 5.91 Å². The summed E-state index contributed by atoms with van der Waals surface area (Å²) in [4.78, 5) is 21.3. The molecule has 0 atom stereocenters. The molecule has 5 aromatic rings. The number of aryl methyl sites for hydroxylation is 1. The molecule has 0 aliphatic carbocycles. The van der Waals surface area contributed by atoms with Crippen LogP contribution in [0.1, 0.15) is 15.2 Å². The number of halogens is 2. The van der Waals surface area contributed by atoms with Gasteiger partial charge in [-0.15, -0.1) is 11.3 Å². The molecule has 0 saturated carbocycles. The highest BCUT2D eigenvalue weighted by atomic mass is 35.5. The maximum absolute atomic E-state index is 12.8. The van der Waals surface area contributed by atoms with E-state index in [0.717, 1.165) is 32.2 Å². The van der Waals surface area contributed by atoms with Crippen molar-refractivity contribution in [1.82, 2.24) is 9.97 Å². The predicted molar refractivity (Wildman–Crippen MR) is 126 cm³/mol. The summed E-state index contributed by atoms with van der Waals surface area (Å²) in [6.07, 6.45) is 0. The van der Waals surface area contributed by atoms with Crippen molar-refractivity contribution in [2.75, 3.05) is 5.32 Å². The molecule has 0 saturated heterocycles. The monoisotopic (exact) mass is 451 g/mol. The van der Waals surface area contributed by atoms with Crippen LogP contribution in [0.5, 0.6) is 0 Å². The van der Waals surface area contributed by atoms with Crippen molar-refractivity contribution in [2.24, 2.45) is 0 Å². The fourth-order valence-electron chi connectivity index (χ4n) is 3.37. The molecule has 1 amide bonds. The fraction of sp³-hybridized carbons (Fsp3) is 0.0435. The Balaban J connectivity index is 1.46. The van der Waals surface area contributed by atoms with E-state index in [0.29, 0.717) is 26.4 Å². The molecule has 2 aromatic heterocycles. The molecule has 0 fully saturated rings. The fourth-order valence-corrected chi connectivity index (χ4v) is 4.94. The number of aromatic nitrogens is 2. The van der Waals surface area contributed by atoms with Crippen molar-refractivity contribution in [3.05, 3.63) is 81.1 Å². The number of nitrogens with zero attached hydrogens (tertiary/aromatic N) is 1. The van der Waals surface area contributed by atoms with Crippen LogP contribution in [0.15, 0.2) is 60.7 Å². The number of imidazole rings is 1. The van der Waals surface area contributed by atoms with Gasteiger partial charge in [-0.2, -0.15) is 0 Å². The van der Waals surface area contributed by atoms with E-state index in [1.54, 1.807) is 0 Å². The number of amides is 1. The average Bonchev–Trinajstić information content (AvgIpc) is 3.30. The van der Waals surface area contributed by atoms with Crippen molar-refractivity contribution < 1.29 is 4.79 Å². The van der Waals surface area contributed by atoms with Crippen LogP contribution in [-0.2, 0) is 0 Å². The lowest BCUT2D eigenvalue weighted by molar-refractivity contribution is 0.103. The maximum Gasteiger partial charge on any atom is 0.267 e. The van der Waals surface area contributed by atoms with E-state index >= 15 is 0 Å². The maximum atomic E-state index is 12.8. The third-order valence-electron chi connectivity index (χ3n) is 4.90. The number of carbonyl (C=O) groups is 1. The summed E-state index contributed by atoms with van der Waals surface area (Å²) >= 11 is 14.0. The zero-order chi connectivity index (χ0) is 20.8. The quantitative estimate of drug-likeness (QED) is 0.302. The molecule has 0 spiro atoms. The zero-order valence-electron chi connectivity index (χ0n) is 15.8. The minimum Gasteiger partial charge on any atom is -0.338 e. The largest absolute Gasteiger partial charge is 0.338 e. The second-order valence-electron chi connectivity index (χ2n) is 6.98. The first-order valence-corrected chi connectivity index (χ1v) is 10.8. The summed E-state index contributed by atoms with van der Waals surface area (Å²) < 4.78 is 0.984. The lowest BCUT2D eigenvalue weighted by Crippen LogP contribution is -2.10. The minimum absolute atomic E-state index is 0.231. The number of fused-ring (bicyclic) bond motifs is 2. The Kier molecular flexibility index (Phi) is 4.74. The van der Waals surface area contributed by atoms with E-state index in [1.807, 2.05) is 67.6 Å². The second kappa shape index (κ2) is 7.43. The number of hydrogen-bond acceptors (Lipinski definition) is 3. The molecule has 2 heterocycles. The molecular formula is C23H15Cl2N3OS. The van der Waals surface area contributed by atoms with Crippen molar-refractivity contribution in [3.63, 3.8) is 0 Å². The van der Waals surface area contributed by atoms with E-state index in [9.17, 15) is 4.79 Å². The smallest absolute Gasteiger partial charge is 0.267 e. The standard InChI is InChI=1S/C23H15Cl2N3OS/c1-12-9-17-18(11-16(12)24)28-22(27-17)13-5-4-6-14(10-13)26-23(29)21-20(25)15-7-2-3-8-19(15)30-21/h2-11H,1H3,(H,26,29)(H,27,28). The van der Waals surface area contributed by atoms with Gasteiger partial charge in [0, 0.05) is 26.4 Å². The van der Waals surface area contributed by atoms with Crippen LogP contribution in [-0.4, -0.2) is 15.9 Å². The Morgan fingerprint density at radius 3 is 2.73 bits per heavy atom. The summed E-state index contributed by atoms with van der Waals surface area (Å²) in [5.74, 6) is 0.480. The Bertz CT molecular complexity index is 1400. The molecule has 30 heavy (non-hydrogen) atoms. The number of rotatable bonds is 3. The lowest BCUT2D eigenvalue weighted by atomic mass is 10.2. The minimum atomic E-state index is -0.231. The summed E-state index contributed by atoms with van der Waals surface area (Å²) in [6.45, 7) is 1.96. The Hall–Kier alpha value is -2.86. The topological polar surface area (TPSA) is 57.8 Å². The number of benzene rings is 3. The highest BCUT2D eigenvalue weighted by Crippen LogP contribution is 2.35. The van der Waals surface area contributed by atoms with Gasteiger partial charge in [-0.05, 0) is 42.8 Å². The number of nitrogens with one attached hydrogen (secondary N) is 2. The van der Waals surface area contributed by atoms with Crippen LogP contribution in [0.4, 0.5) is 5.69 Å². The molecule has 0 aliphatic heterocycles. The Morgan fingerprint density at radius 2 is 1.90 bits per heavy atom. The van der Waals surface area contributed by atoms with Gasteiger partial charge in [0.15, 0.2) is 0 Å². The normalized spacial score (nSPS) is 11.3. The van der Waals surface area contributed by atoms with E-state index in [-0.39, 0.29) is 5.91 Å². The van der Waals surface area contributed by atoms with Crippen molar-refractivity contribution in [2.45, 2.75) is 6.92 Å². The van der Waals surface area contributed by atoms with Gasteiger partial charge < -0.3 is 10.3 Å². The number of H-pyrrole nitrogens is 1. The van der Waals surface area contributed by atoms with Gasteiger partial charge in [0.2, 0.25) is 0 Å². The number of thiophene rings is 1. The highest BCUT2D eigenvalue weighted by molar-refractivity contribution is 7.21. The lowest BCUT2D eigenvalue weighted by Gasteiger charge is -2.06. The number of carbonyl (C=O) groups excluding carboxylic acids is 1. The number of aromatic amines is 1. The van der Waals surface area contributed by atoms with Gasteiger partial charge in [0.05, 0.1) is 16.1 Å². The SMILES string of the molecule is Cc1cc2[nH]c(-c3cccc(NC(=O)c4sc5ccccc5c4Cl)c3)nc2cc1Cl. The average molecular weight is 452 g/mol. The third kappa shape index (κ3) is 3.35. The second-order valence-corrected chi connectivity index (χ2v) is 8.82. The summed E-state index contributed by atoms with van der Waals surface area (Å²) in [5, 5.41) is 5.00. The molecule has 0 bridgehead atoms. The zero-order valence-corrected chi connectivity index (χ0v) is 18.1. The molecule has 5 rings (SSSR count). The van der Waals surface area contributed by atoms with E-state index in [1.165, 1.54) is 11.3 Å². The summed E-state index contributed by atoms with van der Waals surface area (Å²) in [5.41, 5.74) is 4.23. The Morgan fingerprint density at radius 1 is 1.07 bits per heavy atom. The summed E-state index contributed by atoms with van der Waals surface area (Å²) in [7, 11) is 0. The molecule has 3 aromatic carbocycles. The van der Waals surface area contributed by atoms with Gasteiger partial charge in [-0.3, -0.25) is 4.79 Å². The first-order chi connectivity index (χ1) is 14.5. The van der Waals surface area contributed by atoms with Crippen LogP contribution in [0.3, 0.4) is 0 Å². The molecule has 0 aliphatic rings. The van der Waals surface area contributed by atoms with E-state index in [2.05, 4.69) is 15.3 Å². The molecule has 0 unspecified atom stereocenters. The van der Waals surface area contributed by atoms with Crippen LogP contribution in [0, 0.1) is 6.92 Å². The molecule has 4 nitrogen and oxygen atoms in total. The van der Waals surface area contributed by atoms with Crippen molar-refractivity contribution in [1.29, 1.82) is 0 Å². The third-order valence-corrected chi connectivity index (χ3v) is 6.98. The molecule has 2 N–H and O–H groups in total. The first-order valence-electron chi connectivity index (χ1n) is 9.24. The molecule has 7 heteroatoms. The highest BCUT2D eigenvalue weighted by Gasteiger charge is 2.17. The predicted octanol–water partition coefficient (Wildman–Crippen LogP) is 7.31. The van der Waals surface area contributed by atoms with Gasteiger partial charge in [0.1, 0.15) is 10.7 Å². The van der Waals surface area contributed by atoms with Crippen LogP contribution in [0.2, 0.25) is 10.0 Å². The molecule has 0 radical (unpaired) electrons. The van der Waals surface area contributed by atoms with Gasteiger partial charge in [-0.25, -0.2) is 4.98 Å². The Labute approximate surface area is 186 Å². The summed E-state index contributed by atoms with van der Waals surface area (Å²) in [6, 6.07) is 19.1. The van der Waals surface area contributed by atoms with E-state index in [4.69, 9.17) is 23.2 Å². The molecule has 148 valence electrons. The number of anilines is 1. The van der Waals surface area contributed by atoms with Gasteiger partial charge in [-0.1, -0.05) is 53.5 Å². The van der Waals surface area contributed by atoms with Crippen molar-refractivity contribution in [3.8, 4) is 11.4 Å². The van der Waals surface area contributed by atoms with Gasteiger partial charge >= 0.3 is 0 Å². The van der Waals surface area contributed by atoms with Crippen LogP contribution >= 0.6 is 34.5 Å². The van der Waals surface area contributed by atoms with Crippen molar-refractivity contribution >= 4 is 67.3 Å². The molecular weight excluding hydrogens is 437 g/mol. The number of hydrogen-bond donors (Lipinski definition) is 2.